The third kappa shape index (κ3) is 5.21. The lowest BCUT2D eigenvalue weighted by Gasteiger charge is -2.43. The molecule has 1 aliphatic heterocycles. The van der Waals surface area contributed by atoms with Gasteiger partial charge in [0, 0.05) is 55.7 Å². The number of carboxylic acid groups (broad SMARTS) is 1. The highest BCUT2D eigenvalue weighted by molar-refractivity contribution is 8.22. The van der Waals surface area contributed by atoms with Crippen LogP contribution in [0.5, 0.6) is 0 Å². The maximum absolute atomic E-state index is 13.4. The number of halogens is 3. The first-order valence-electron chi connectivity index (χ1n) is 13.5. The van der Waals surface area contributed by atoms with E-state index < -0.39 is 28.5 Å². The summed E-state index contributed by atoms with van der Waals surface area (Å²) in [6.45, 7) is 2.27. The average molecular weight is 602 g/mol. The molecule has 0 radical (unpaired) electrons. The van der Waals surface area contributed by atoms with Crippen molar-refractivity contribution in [2.45, 2.75) is 49.2 Å². The van der Waals surface area contributed by atoms with Crippen molar-refractivity contribution in [3.05, 3.63) is 94.6 Å². The number of aromatic nitrogens is 4. The Labute approximate surface area is 241 Å². The van der Waals surface area contributed by atoms with E-state index in [9.17, 15) is 32.2 Å². The van der Waals surface area contributed by atoms with Gasteiger partial charge in [-0.3, -0.25) is 13.8 Å². The molecule has 6 rings (SSSR count). The fourth-order valence-corrected chi connectivity index (χ4v) is 7.78. The largest absolute Gasteiger partial charge is 0.478 e. The smallest absolute Gasteiger partial charge is 0.416 e. The van der Waals surface area contributed by atoms with Gasteiger partial charge in [-0.05, 0) is 66.3 Å². The van der Waals surface area contributed by atoms with Crippen LogP contribution in [0.25, 0.3) is 5.69 Å². The van der Waals surface area contributed by atoms with Gasteiger partial charge in [0.2, 0.25) is 0 Å². The van der Waals surface area contributed by atoms with Crippen LogP contribution in [0.15, 0.2) is 65.8 Å². The van der Waals surface area contributed by atoms with E-state index >= 15 is 0 Å². The van der Waals surface area contributed by atoms with Crippen molar-refractivity contribution in [2.24, 2.45) is 13.0 Å². The van der Waals surface area contributed by atoms with Gasteiger partial charge in [0.1, 0.15) is 0 Å². The molecule has 3 N–H and O–H groups in total. The zero-order valence-electron chi connectivity index (χ0n) is 22.9. The van der Waals surface area contributed by atoms with Gasteiger partial charge in [0.15, 0.2) is 0 Å². The molecule has 2 unspecified atom stereocenters. The quantitative estimate of drug-likeness (QED) is 0.237. The average Bonchev–Trinajstić information content (AvgIpc) is 3.39. The molecule has 3 atom stereocenters. The van der Waals surface area contributed by atoms with E-state index in [2.05, 4.69) is 10.3 Å². The first-order valence-corrected chi connectivity index (χ1v) is 15.0. The lowest BCUT2D eigenvalue weighted by Crippen LogP contribution is -2.30. The predicted molar refractivity (Wildman–Crippen MR) is 150 cm³/mol. The number of hydrogen-bond acceptors (Lipinski definition) is 6. The highest BCUT2D eigenvalue weighted by atomic mass is 32.3. The Morgan fingerprint density at radius 1 is 1.12 bits per heavy atom. The number of nitrogens with zero attached hydrogens (tertiary/aromatic N) is 5. The first kappa shape index (κ1) is 28.5. The van der Waals surface area contributed by atoms with Crippen LogP contribution in [0.2, 0.25) is 0 Å². The third-order valence-corrected chi connectivity index (χ3v) is 9.96. The molecule has 2 aromatic carbocycles. The number of benzene rings is 2. The number of rotatable bonds is 6. The van der Waals surface area contributed by atoms with Crippen LogP contribution >= 0.6 is 10.8 Å². The topological polar surface area (TPSA) is 117 Å². The molecule has 2 aliphatic rings. The normalized spacial score (nSPS) is 22.8. The van der Waals surface area contributed by atoms with Gasteiger partial charge in [0.05, 0.1) is 21.7 Å². The van der Waals surface area contributed by atoms with Crippen LogP contribution < -0.4 is 0 Å². The van der Waals surface area contributed by atoms with Gasteiger partial charge in [-0.15, -0.1) is 15.9 Å². The van der Waals surface area contributed by atoms with Gasteiger partial charge in [-0.2, -0.15) is 17.5 Å². The Morgan fingerprint density at radius 2 is 1.90 bits per heavy atom. The molecule has 2 aromatic heterocycles. The number of hydrogen-bond donors (Lipinski definition) is 3. The summed E-state index contributed by atoms with van der Waals surface area (Å²) in [5, 5.41) is 18.1. The molecule has 9 nitrogen and oxygen atoms in total. The van der Waals surface area contributed by atoms with Crippen LogP contribution in [0.1, 0.15) is 63.6 Å². The Balaban J connectivity index is 1.31. The number of fused-ring (bicyclic) bond motifs is 1. The number of aryl methyl sites for hydroxylation is 1. The van der Waals surface area contributed by atoms with Crippen molar-refractivity contribution in [1.29, 1.82) is 0 Å². The summed E-state index contributed by atoms with van der Waals surface area (Å²) in [5.41, 5.74) is 2.62. The second-order valence-corrected chi connectivity index (χ2v) is 13.2. The summed E-state index contributed by atoms with van der Waals surface area (Å²) < 4.78 is 67.8. The van der Waals surface area contributed by atoms with Gasteiger partial charge in [-0.25, -0.2) is 4.79 Å². The van der Waals surface area contributed by atoms with Crippen molar-refractivity contribution in [1.82, 2.24) is 23.9 Å². The summed E-state index contributed by atoms with van der Waals surface area (Å²) in [7, 11) is -1.80. The molecule has 4 aromatic rings. The zero-order chi connectivity index (χ0) is 30.0. The van der Waals surface area contributed by atoms with E-state index in [4.69, 9.17) is 0 Å². The monoisotopic (exact) mass is 601 g/mol. The second kappa shape index (κ2) is 10.3. The van der Waals surface area contributed by atoms with E-state index in [1.54, 1.807) is 24.0 Å². The van der Waals surface area contributed by atoms with E-state index in [0.717, 1.165) is 35.5 Å². The number of aromatic carboxylic acids is 1. The van der Waals surface area contributed by atoms with E-state index in [1.165, 1.54) is 10.4 Å². The molecule has 0 saturated heterocycles. The molecular formula is C29H30F3N5O4S. The summed E-state index contributed by atoms with van der Waals surface area (Å²) in [6, 6.07) is 12.0. The zero-order valence-corrected chi connectivity index (χ0v) is 23.7. The standard InChI is InChI=1S/C29H30F3N5O4S/c1-17-10-19-12-20(29(30,31)32)6-7-26(19)42(40,41)36(14-17)15-18-4-3-5-21(11-18)37-9-8-22(28(38)39)27(37)24-13-23(24)25-16-35(2)34-33-25/h3-9,11-12,16-17,23-24,40-41H,10,13-15H2,1-2H3,(H,38,39)/t17-,23?,24?/m0/s1. The summed E-state index contributed by atoms with van der Waals surface area (Å²) >= 11 is 0. The van der Waals surface area contributed by atoms with Crippen molar-refractivity contribution in [2.75, 3.05) is 6.54 Å². The second-order valence-electron chi connectivity index (χ2n) is 11.2. The van der Waals surface area contributed by atoms with E-state index in [0.29, 0.717) is 5.69 Å². The summed E-state index contributed by atoms with van der Waals surface area (Å²) in [5.74, 6) is -1.16. The number of carbonyl (C=O) groups is 1. The lowest BCUT2D eigenvalue weighted by atomic mass is 9.99. The highest BCUT2D eigenvalue weighted by Gasteiger charge is 2.45. The molecule has 222 valence electrons. The fraction of sp³-hybridized carbons (Fsp3) is 0.345. The van der Waals surface area contributed by atoms with Crippen LogP contribution in [-0.4, -0.2) is 50.6 Å². The van der Waals surface area contributed by atoms with E-state index in [-0.39, 0.29) is 53.3 Å². The maximum Gasteiger partial charge on any atom is 0.416 e. The van der Waals surface area contributed by atoms with Crippen LogP contribution in [-0.2, 0) is 26.2 Å². The fourth-order valence-electron chi connectivity index (χ4n) is 5.96. The predicted octanol–water partition coefficient (Wildman–Crippen LogP) is 6.31. The molecule has 3 heterocycles. The van der Waals surface area contributed by atoms with Crippen molar-refractivity contribution < 1.29 is 32.2 Å². The van der Waals surface area contributed by atoms with Crippen LogP contribution in [0.3, 0.4) is 0 Å². The van der Waals surface area contributed by atoms with Gasteiger partial charge in [0.25, 0.3) is 0 Å². The molecule has 42 heavy (non-hydrogen) atoms. The molecule has 0 bridgehead atoms. The Bertz CT molecular complexity index is 1670. The van der Waals surface area contributed by atoms with Crippen molar-refractivity contribution >= 4 is 16.7 Å². The Morgan fingerprint density at radius 3 is 2.60 bits per heavy atom. The van der Waals surface area contributed by atoms with Gasteiger partial charge in [-0.1, -0.05) is 24.3 Å². The SMILES string of the molecule is C[C@H]1Cc2cc(C(F)(F)F)ccc2S(O)(O)N(Cc2cccc(-n3ccc(C(=O)O)c3C3CC3c3cn(C)nn3)c2)C1. The highest BCUT2D eigenvalue weighted by Crippen LogP contribution is 2.57. The maximum atomic E-state index is 13.4. The molecular weight excluding hydrogens is 571 g/mol. The number of alkyl halides is 3. The van der Waals surface area contributed by atoms with Crippen molar-refractivity contribution in [3.8, 4) is 5.69 Å². The Kier molecular flexibility index (Phi) is 6.96. The molecule has 0 spiro atoms. The lowest BCUT2D eigenvalue weighted by molar-refractivity contribution is -0.137. The van der Waals surface area contributed by atoms with Crippen molar-refractivity contribution in [3.63, 3.8) is 0 Å². The third-order valence-electron chi connectivity index (χ3n) is 7.97. The summed E-state index contributed by atoms with van der Waals surface area (Å²) in [6.07, 6.45) is 0.0531. The molecule has 1 saturated carbocycles. The first-order chi connectivity index (χ1) is 19.8. The minimum absolute atomic E-state index is 0.0528. The molecule has 13 heteroatoms. The number of carboxylic acids is 1. The molecule has 1 fully saturated rings. The molecule has 0 amide bonds. The van der Waals surface area contributed by atoms with Gasteiger partial charge >= 0.3 is 12.1 Å². The van der Waals surface area contributed by atoms with Crippen LogP contribution in [0, 0.1) is 5.92 Å². The van der Waals surface area contributed by atoms with Gasteiger partial charge < -0.3 is 9.67 Å². The Hall–Kier alpha value is -3.65. The van der Waals surface area contributed by atoms with E-state index in [1.807, 2.05) is 42.0 Å². The molecule has 1 aliphatic carbocycles. The minimum atomic E-state index is -4.53. The van der Waals surface area contributed by atoms with Crippen LogP contribution in [0.4, 0.5) is 13.2 Å². The summed E-state index contributed by atoms with van der Waals surface area (Å²) in [4.78, 5) is 12.2. The minimum Gasteiger partial charge on any atom is -0.478 e.